The van der Waals surface area contributed by atoms with Crippen molar-refractivity contribution in [3.8, 4) is 5.88 Å². The zero-order chi connectivity index (χ0) is 17.4. The molecule has 0 unspecified atom stereocenters. The molecular weight excluding hydrogens is 506 g/mol. The zero-order valence-electron chi connectivity index (χ0n) is 14.5. The maximum absolute atomic E-state index is 12.3. The highest BCUT2D eigenvalue weighted by Crippen LogP contribution is 2.23. The van der Waals surface area contributed by atoms with Crippen molar-refractivity contribution >= 4 is 51.8 Å². The average Bonchev–Trinajstić information content (AvgIpc) is 2.62. The largest absolute Gasteiger partial charge is 0.480 e. The van der Waals surface area contributed by atoms with E-state index in [0.29, 0.717) is 24.8 Å². The Hall–Kier alpha value is -0.910. The lowest BCUT2D eigenvalue weighted by Gasteiger charge is -2.36. The van der Waals surface area contributed by atoms with Gasteiger partial charge in [0, 0.05) is 39.3 Å². The van der Waals surface area contributed by atoms with Gasteiger partial charge < -0.3 is 19.9 Å². The Morgan fingerprint density at radius 2 is 2.12 bits per heavy atom. The fraction of sp³-hybridized carbons (Fsp3) is 0.667. The fourth-order valence-corrected chi connectivity index (χ4v) is 2.78. The van der Waals surface area contributed by atoms with Gasteiger partial charge in [0.25, 0.3) is 0 Å². The second kappa shape index (κ2) is 11.7. The Balaban J connectivity index is 0.00000312. The van der Waals surface area contributed by atoms with Crippen molar-refractivity contribution in [2.45, 2.75) is 13.3 Å². The number of alkyl halides is 1. The van der Waals surface area contributed by atoms with Crippen molar-refractivity contribution in [1.29, 1.82) is 0 Å². The number of anilines is 1. The Morgan fingerprint density at radius 3 is 2.72 bits per heavy atom. The van der Waals surface area contributed by atoms with Crippen LogP contribution in [0.5, 0.6) is 5.88 Å². The number of rotatable bonds is 6. The molecule has 1 aliphatic rings. The summed E-state index contributed by atoms with van der Waals surface area (Å²) in [7, 11) is 1.59. The van der Waals surface area contributed by atoms with Crippen molar-refractivity contribution in [3.63, 3.8) is 0 Å². The minimum absolute atomic E-state index is 0. The van der Waals surface area contributed by atoms with Gasteiger partial charge in [0.1, 0.15) is 0 Å². The molecule has 0 atom stereocenters. The maximum atomic E-state index is 12.3. The molecule has 7 nitrogen and oxygen atoms in total. The molecule has 0 bridgehead atoms. The van der Waals surface area contributed by atoms with E-state index in [1.165, 1.54) is 0 Å². The first-order chi connectivity index (χ1) is 11.7. The number of guanidine groups is 1. The Kier molecular flexibility index (Phi) is 10.3. The smallest absolute Gasteiger partial charge is 0.232 e. The number of ether oxygens (including phenoxy) is 1. The summed E-state index contributed by atoms with van der Waals surface area (Å²) in [5.74, 6) is 2.04. The molecule has 0 aromatic carbocycles. The minimum Gasteiger partial charge on any atom is -0.480 e. The van der Waals surface area contributed by atoms with Crippen molar-refractivity contribution in [2.24, 2.45) is 4.99 Å². The van der Waals surface area contributed by atoms with E-state index in [1.807, 2.05) is 6.92 Å². The number of nitrogens with zero attached hydrogens (tertiary/aromatic N) is 5. The molecule has 1 N–H and O–H groups in total. The van der Waals surface area contributed by atoms with Crippen molar-refractivity contribution < 1.29 is 9.13 Å². The standard InChI is InChI=1S/C15H24BrFN6O.HI/c1-3-18-14(19-6-4-5-17)22-7-9-23(10-8-22)15-20-11-12(16)13(21-15)24-2;/h11H,3-10H2,1-2H3,(H,18,19);1H. The molecule has 1 aromatic rings. The fourth-order valence-electron chi connectivity index (χ4n) is 2.43. The number of nitrogens with one attached hydrogen (secondary N) is 1. The summed E-state index contributed by atoms with van der Waals surface area (Å²) in [6.07, 6.45) is 2.16. The lowest BCUT2D eigenvalue weighted by atomic mass is 10.3. The van der Waals surface area contributed by atoms with Crippen LogP contribution in [-0.2, 0) is 0 Å². The highest BCUT2D eigenvalue weighted by molar-refractivity contribution is 14.0. The lowest BCUT2D eigenvalue weighted by molar-refractivity contribution is 0.365. The zero-order valence-corrected chi connectivity index (χ0v) is 18.5. The van der Waals surface area contributed by atoms with Gasteiger partial charge in [-0.1, -0.05) is 0 Å². The molecule has 10 heteroatoms. The third kappa shape index (κ3) is 6.39. The summed E-state index contributed by atoms with van der Waals surface area (Å²) in [5.41, 5.74) is 0. The van der Waals surface area contributed by atoms with Gasteiger partial charge in [-0.25, -0.2) is 4.98 Å². The molecule has 1 saturated heterocycles. The van der Waals surface area contributed by atoms with Crippen LogP contribution in [-0.4, -0.2) is 73.9 Å². The first kappa shape index (κ1) is 22.1. The van der Waals surface area contributed by atoms with Gasteiger partial charge in [-0.15, -0.1) is 24.0 Å². The first-order valence-corrected chi connectivity index (χ1v) is 8.89. The first-order valence-electron chi connectivity index (χ1n) is 8.10. The summed E-state index contributed by atoms with van der Waals surface area (Å²) in [6, 6.07) is 0. The third-order valence-corrected chi connectivity index (χ3v) is 4.19. The molecule has 25 heavy (non-hydrogen) atoms. The van der Waals surface area contributed by atoms with E-state index in [0.717, 1.165) is 43.2 Å². The summed E-state index contributed by atoms with van der Waals surface area (Å²) in [4.78, 5) is 17.6. The summed E-state index contributed by atoms with van der Waals surface area (Å²) in [6.45, 7) is 6.19. The van der Waals surface area contributed by atoms with Gasteiger partial charge >= 0.3 is 0 Å². The molecular formula is C15H25BrFIN6O. The molecule has 0 radical (unpaired) electrons. The predicted octanol–water partition coefficient (Wildman–Crippen LogP) is 2.31. The van der Waals surface area contributed by atoms with Crippen LogP contribution in [0.1, 0.15) is 13.3 Å². The molecule has 0 saturated carbocycles. The second-order valence-corrected chi connectivity index (χ2v) is 6.13. The van der Waals surface area contributed by atoms with E-state index in [9.17, 15) is 4.39 Å². The van der Waals surface area contributed by atoms with Crippen LogP contribution in [0.2, 0.25) is 0 Å². The molecule has 1 fully saturated rings. The molecule has 0 spiro atoms. The molecule has 1 aliphatic heterocycles. The van der Waals surface area contributed by atoms with Crippen molar-refractivity contribution in [2.75, 3.05) is 58.0 Å². The highest BCUT2D eigenvalue weighted by Gasteiger charge is 2.22. The van der Waals surface area contributed by atoms with E-state index in [4.69, 9.17) is 4.74 Å². The van der Waals surface area contributed by atoms with E-state index in [2.05, 4.69) is 46.0 Å². The van der Waals surface area contributed by atoms with E-state index < -0.39 is 0 Å². The normalized spacial score (nSPS) is 15.0. The molecule has 142 valence electrons. The number of halogens is 3. The Bertz CT molecular complexity index is 557. The van der Waals surface area contributed by atoms with Crippen LogP contribution in [0.3, 0.4) is 0 Å². The SMILES string of the molecule is CCNC(=NCCCF)N1CCN(c2ncc(Br)c(OC)n2)CC1.I. The third-order valence-electron chi connectivity index (χ3n) is 3.64. The monoisotopic (exact) mass is 530 g/mol. The van der Waals surface area contributed by atoms with Crippen LogP contribution >= 0.6 is 39.9 Å². The van der Waals surface area contributed by atoms with Gasteiger partial charge in [-0.05, 0) is 29.3 Å². The predicted molar refractivity (Wildman–Crippen MR) is 112 cm³/mol. The van der Waals surface area contributed by atoms with Gasteiger partial charge in [-0.3, -0.25) is 9.38 Å². The summed E-state index contributed by atoms with van der Waals surface area (Å²) in [5, 5.41) is 3.27. The van der Waals surface area contributed by atoms with E-state index in [1.54, 1.807) is 13.3 Å². The van der Waals surface area contributed by atoms with E-state index in [-0.39, 0.29) is 30.7 Å². The molecule has 0 amide bonds. The Labute approximate surface area is 173 Å². The molecule has 1 aromatic heterocycles. The van der Waals surface area contributed by atoms with Gasteiger partial charge in [0.05, 0.1) is 24.5 Å². The van der Waals surface area contributed by atoms with Crippen molar-refractivity contribution in [3.05, 3.63) is 10.7 Å². The van der Waals surface area contributed by atoms with Crippen LogP contribution in [0.4, 0.5) is 10.3 Å². The molecule has 2 heterocycles. The summed E-state index contributed by atoms with van der Waals surface area (Å²) < 4.78 is 18.2. The van der Waals surface area contributed by atoms with Crippen LogP contribution < -0.4 is 15.0 Å². The van der Waals surface area contributed by atoms with Crippen LogP contribution in [0.25, 0.3) is 0 Å². The number of methoxy groups -OCH3 is 1. The lowest BCUT2D eigenvalue weighted by Crippen LogP contribution is -2.53. The van der Waals surface area contributed by atoms with Gasteiger partial charge in [-0.2, -0.15) is 4.98 Å². The number of piperazine rings is 1. The topological polar surface area (TPSA) is 65.9 Å². The quantitative estimate of drug-likeness (QED) is 0.263. The van der Waals surface area contributed by atoms with Crippen LogP contribution in [0.15, 0.2) is 15.7 Å². The highest BCUT2D eigenvalue weighted by atomic mass is 127. The van der Waals surface area contributed by atoms with Gasteiger partial charge in [0.2, 0.25) is 11.8 Å². The number of aliphatic imine (C=N–C) groups is 1. The second-order valence-electron chi connectivity index (χ2n) is 5.28. The van der Waals surface area contributed by atoms with E-state index >= 15 is 0 Å². The molecule has 2 rings (SSSR count). The maximum Gasteiger partial charge on any atom is 0.232 e. The number of hydrogen-bond donors (Lipinski definition) is 1. The summed E-state index contributed by atoms with van der Waals surface area (Å²) >= 11 is 3.36. The van der Waals surface area contributed by atoms with Crippen LogP contribution in [0, 0.1) is 0 Å². The van der Waals surface area contributed by atoms with Gasteiger partial charge in [0.15, 0.2) is 5.96 Å². The van der Waals surface area contributed by atoms with Crippen molar-refractivity contribution in [1.82, 2.24) is 20.2 Å². The number of aromatic nitrogens is 2. The number of hydrogen-bond acceptors (Lipinski definition) is 5. The minimum atomic E-state index is -0.334. The average molecular weight is 531 g/mol. The molecule has 0 aliphatic carbocycles. The Morgan fingerprint density at radius 1 is 1.40 bits per heavy atom.